The highest BCUT2D eigenvalue weighted by Gasteiger charge is 2.18. The zero-order chi connectivity index (χ0) is 23.5. The Morgan fingerprint density at radius 1 is 0.938 bits per heavy atom. The normalized spacial score (nSPS) is 11.0. The van der Waals surface area contributed by atoms with Gasteiger partial charge in [-0.3, -0.25) is 9.52 Å². The zero-order valence-corrected chi connectivity index (χ0v) is 19.2. The summed E-state index contributed by atoms with van der Waals surface area (Å²) >= 11 is 6.19. The summed E-state index contributed by atoms with van der Waals surface area (Å²) in [6.07, 6.45) is 0. The van der Waals surface area contributed by atoms with E-state index in [9.17, 15) is 18.0 Å². The second kappa shape index (κ2) is 9.42. The highest BCUT2D eigenvalue weighted by molar-refractivity contribution is 7.92. The molecule has 32 heavy (non-hydrogen) atoms. The van der Waals surface area contributed by atoms with Crippen molar-refractivity contribution in [1.29, 1.82) is 0 Å². The maximum atomic E-state index is 12.9. The Morgan fingerprint density at radius 3 is 2.28 bits per heavy atom. The fourth-order valence-corrected chi connectivity index (χ4v) is 4.14. The number of hydrogen-bond donors (Lipinski definition) is 2. The number of sulfonamides is 1. The summed E-state index contributed by atoms with van der Waals surface area (Å²) in [5.74, 6) is -1.09. The van der Waals surface area contributed by atoms with Crippen LogP contribution in [0.25, 0.3) is 0 Å². The van der Waals surface area contributed by atoms with E-state index in [0.29, 0.717) is 5.69 Å². The summed E-state index contributed by atoms with van der Waals surface area (Å²) in [6.45, 7) is 3.63. The molecular formula is C23H21ClN2O5S. The first-order chi connectivity index (χ1) is 15.1. The number of hydrogen-bond acceptors (Lipinski definition) is 5. The molecule has 2 N–H and O–H groups in total. The lowest BCUT2D eigenvalue weighted by molar-refractivity contribution is 0.0600. The van der Waals surface area contributed by atoms with E-state index in [-0.39, 0.29) is 26.7 Å². The predicted octanol–water partition coefficient (Wildman–Crippen LogP) is 4.80. The molecule has 3 aromatic rings. The maximum absolute atomic E-state index is 12.9. The number of anilines is 2. The summed E-state index contributed by atoms with van der Waals surface area (Å²) in [5.41, 5.74) is 2.58. The highest BCUT2D eigenvalue weighted by Crippen LogP contribution is 2.25. The molecule has 0 spiro atoms. The second-order valence-electron chi connectivity index (χ2n) is 7.09. The topological polar surface area (TPSA) is 102 Å². The van der Waals surface area contributed by atoms with Crippen LogP contribution in [0, 0.1) is 13.8 Å². The number of aryl methyl sites for hydroxylation is 2. The molecule has 0 aliphatic carbocycles. The van der Waals surface area contributed by atoms with E-state index in [1.165, 1.54) is 43.5 Å². The summed E-state index contributed by atoms with van der Waals surface area (Å²) in [6, 6.07) is 15.4. The third-order valence-corrected chi connectivity index (χ3v) is 6.43. The SMILES string of the molecule is COC(=O)c1ccc(C)c(NC(=O)c2cc(NS(=O)(=O)c3ccc(C)cc3)ccc2Cl)c1. The molecule has 166 valence electrons. The molecular weight excluding hydrogens is 452 g/mol. The van der Waals surface area contributed by atoms with Gasteiger partial charge in [-0.25, -0.2) is 13.2 Å². The number of benzene rings is 3. The van der Waals surface area contributed by atoms with Crippen LogP contribution in [0.5, 0.6) is 0 Å². The predicted molar refractivity (Wildman–Crippen MR) is 124 cm³/mol. The zero-order valence-electron chi connectivity index (χ0n) is 17.6. The van der Waals surface area contributed by atoms with Crippen LogP contribution in [-0.4, -0.2) is 27.4 Å². The van der Waals surface area contributed by atoms with Crippen LogP contribution < -0.4 is 10.0 Å². The molecule has 0 atom stereocenters. The quantitative estimate of drug-likeness (QED) is 0.502. The number of amides is 1. The van der Waals surface area contributed by atoms with E-state index in [1.54, 1.807) is 31.2 Å². The molecule has 9 heteroatoms. The Hall–Kier alpha value is -3.36. The van der Waals surface area contributed by atoms with Crippen LogP contribution in [0.15, 0.2) is 65.6 Å². The van der Waals surface area contributed by atoms with Crippen LogP contribution in [0.4, 0.5) is 11.4 Å². The average Bonchev–Trinajstić information content (AvgIpc) is 2.76. The molecule has 3 rings (SSSR count). The molecule has 0 saturated carbocycles. The Bertz CT molecular complexity index is 1290. The van der Waals surface area contributed by atoms with Crippen LogP contribution in [-0.2, 0) is 14.8 Å². The number of nitrogens with one attached hydrogen (secondary N) is 2. The van der Waals surface area contributed by atoms with Gasteiger partial charge in [0.05, 0.1) is 28.2 Å². The maximum Gasteiger partial charge on any atom is 0.337 e. The first-order valence-electron chi connectivity index (χ1n) is 9.50. The van der Waals surface area contributed by atoms with Gasteiger partial charge in [-0.2, -0.15) is 0 Å². The summed E-state index contributed by atoms with van der Waals surface area (Å²) in [7, 11) is -2.58. The minimum Gasteiger partial charge on any atom is -0.465 e. The Balaban J connectivity index is 1.86. The summed E-state index contributed by atoms with van der Waals surface area (Å²) in [4.78, 5) is 24.7. The number of rotatable bonds is 6. The minimum absolute atomic E-state index is 0.0682. The third kappa shape index (κ3) is 5.27. The number of esters is 1. The fraction of sp³-hybridized carbons (Fsp3) is 0.130. The van der Waals surface area contributed by atoms with Crippen molar-refractivity contribution in [2.45, 2.75) is 18.7 Å². The van der Waals surface area contributed by atoms with Gasteiger partial charge in [-0.1, -0.05) is 35.4 Å². The molecule has 0 unspecified atom stereocenters. The van der Waals surface area contributed by atoms with E-state index in [0.717, 1.165) is 11.1 Å². The van der Waals surface area contributed by atoms with Gasteiger partial charge in [0.2, 0.25) is 0 Å². The van der Waals surface area contributed by atoms with E-state index in [4.69, 9.17) is 16.3 Å². The number of carbonyl (C=O) groups is 2. The molecule has 0 bridgehead atoms. The van der Waals surface area contributed by atoms with Gasteiger partial charge in [0.1, 0.15) is 0 Å². The van der Waals surface area contributed by atoms with Gasteiger partial charge in [0.25, 0.3) is 15.9 Å². The number of halogens is 1. The molecule has 0 aromatic heterocycles. The van der Waals surface area contributed by atoms with Crippen LogP contribution in [0.3, 0.4) is 0 Å². The lowest BCUT2D eigenvalue weighted by Crippen LogP contribution is -2.16. The van der Waals surface area contributed by atoms with Crippen molar-refractivity contribution >= 4 is 44.9 Å². The molecule has 7 nitrogen and oxygen atoms in total. The Morgan fingerprint density at radius 2 is 1.62 bits per heavy atom. The van der Waals surface area contributed by atoms with Gasteiger partial charge in [0, 0.05) is 11.4 Å². The largest absolute Gasteiger partial charge is 0.465 e. The van der Waals surface area contributed by atoms with Crippen LogP contribution >= 0.6 is 11.6 Å². The van der Waals surface area contributed by atoms with Crippen molar-refractivity contribution in [2.75, 3.05) is 17.1 Å². The first kappa shape index (κ1) is 23.3. The van der Waals surface area contributed by atoms with Crippen molar-refractivity contribution in [1.82, 2.24) is 0 Å². The van der Waals surface area contributed by atoms with E-state index >= 15 is 0 Å². The monoisotopic (exact) mass is 472 g/mol. The molecule has 0 saturated heterocycles. The van der Waals surface area contributed by atoms with Crippen LogP contribution in [0.1, 0.15) is 31.8 Å². The number of carbonyl (C=O) groups excluding carboxylic acids is 2. The standard InChI is InChI=1S/C23H21ClN2O5S/c1-14-4-9-18(10-5-14)32(29,30)26-17-8-11-20(24)19(13-17)22(27)25-21-12-16(23(28)31-3)7-6-15(21)2/h4-13,26H,1-3H3,(H,25,27). The average molecular weight is 473 g/mol. The number of methoxy groups -OCH3 is 1. The van der Waals surface area contributed by atoms with Gasteiger partial charge < -0.3 is 10.1 Å². The van der Waals surface area contributed by atoms with E-state index in [2.05, 4.69) is 10.0 Å². The van der Waals surface area contributed by atoms with E-state index < -0.39 is 21.9 Å². The molecule has 3 aromatic carbocycles. The molecule has 0 radical (unpaired) electrons. The second-order valence-corrected chi connectivity index (χ2v) is 9.18. The molecule has 0 fully saturated rings. The molecule has 0 aliphatic heterocycles. The highest BCUT2D eigenvalue weighted by atomic mass is 35.5. The van der Waals surface area contributed by atoms with Gasteiger partial charge >= 0.3 is 5.97 Å². The lowest BCUT2D eigenvalue weighted by atomic mass is 10.1. The van der Waals surface area contributed by atoms with Crippen molar-refractivity contribution in [3.05, 3.63) is 87.9 Å². The first-order valence-corrected chi connectivity index (χ1v) is 11.4. The minimum atomic E-state index is -3.85. The Labute approximate surface area is 191 Å². The summed E-state index contributed by atoms with van der Waals surface area (Å²) in [5, 5.41) is 2.85. The van der Waals surface area contributed by atoms with Crippen molar-refractivity contribution in [2.24, 2.45) is 0 Å². The summed E-state index contributed by atoms with van der Waals surface area (Å²) < 4.78 is 32.5. The van der Waals surface area contributed by atoms with Gasteiger partial charge in [-0.05, 0) is 61.9 Å². The van der Waals surface area contributed by atoms with Crippen molar-refractivity contribution < 1.29 is 22.7 Å². The molecule has 0 heterocycles. The third-order valence-electron chi connectivity index (χ3n) is 4.70. The smallest absolute Gasteiger partial charge is 0.337 e. The fourth-order valence-electron chi connectivity index (χ4n) is 2.89. The van der Waals surface area contributed by atoms with Crippen LogP contribution in [0.2, 0.25) is 5.02 Å². The van der Waals surface area contributed by atoms with Gasteiger partial charge in [-0.15, -0.1) is 0 Å². The molecule has 1 amide bonds. The number of ether oxygens (including phenoxy) is 1. The van der Waals surface area contributed by atoms with Crippen molar-refractivity contribution in [3.63, 3.8) is 0 Å². The van der Waals surface area contributed by atoms with Gasteiger partial charge in [0.15, 0.2) is 0 Å². The van der Waals surface area contributed by atoms with Crippen molar-refractivity contribution in [3.8, 4) is 0 Å². The molecule has 0 aliphatic rings. The van der Waals surface area contributed by atoms with E-state index in [1.807, 2.05) is 6.92 Å². The Kier molecular flexibility index (Phi) is 6.86. The lowest BCUT2D eigenvalue weighted by Gasteiger charge is -2.13.